The molecule has 1 aromatic carbocycles. The number of hydrogen-bond acceptors (Lipinski definition) is 5. The molecule has 0 atom stereocenters. The number of amides is 1. The first kappa shape index (κ1) is 21.2. The zero-order valence-electron chi connectivity index (χ0n) is 17.6. The van der Waals surface area contributed by atoms with E-state index in [-0.39, 0.29) is 24.2 Å². The summed E-state index contributed by atoms with van der Waals surface area (Å²) in [7, 11) is 0. The molecule has 162 valence electrons. The first-order valence-electron chi connectivity index (χ1n) is 10.4. The van der Waals surface area contributed by atoms with Gasteiger partial charge in [-0.1, -0.05) is 17.7 Å². The van der Waals surface area contributed by atoms with Gasteiger partial charge in [0.1, 0.15) is 5.65 Å². The Morgan fingerprint density at radius 2 is 2.06 bits per heavy atom. The average Bonchev–Trinajstić information content (AvgIpc) is 3.05. The van der Waals surface area contributed by atoms with Gasteiger partial charge >= 0.3 is 5.97 Å². The smallest absolute Gasteiger partial charge is 0.307 e. The van der Waals surface area contributed by atoms with Crippen LogP contribution in [-0.2, 0) is 14.3 Å². The van der Waals surface area contributed by atoms with E-state index in [4.69, 9.17) is 21.3 Å². The largest absolute Gasteiger partial charge is 0.466 e. The molecule has 31 heavy (non-hydrogen) atoms. The number of aromatic nitrogens is 2. The summed E-state index contributed by atoms with van der Waals surface area (Å²) in [6.45, 7) is 5.68. The predicted molar refractivity (Wildman–Crippen MR) is 120 cm³/mol. The highest BCUT2D eigenvalue weighted by Crippen LogP contribution is 2.35. The van der Waals surface area contributed by atoms with Crippen LogP contribution in [0.2, 0.25) is 5.02 Å². The van der Waals surface area contributed by atoms with E-state index < -0.39 is 0 Å². The maximum atomic E-state index is 12.3. The number of hydrogen-bond donors (Lipinski definition) is 1. The van der Waals surface area contributed by atoms with Crippen molar-refractivity contribution >= 4 is 34.8 Å². The van der Waals surface area contributed by atoms with Gasteiger partial charge in [0, 0.05) is 42.8 Å². The molecule has 3 heterocycles. The van der Waals surface area contributed by atoms with Gasteiger partial charge in [0.2, 0.25) is 5.91 Å². The Labute approximate surface area is 186 Å². The van der Waals surface area contributed by atoms with E-state index in [0.717, 1.165) is 28.3 Å². The molecule has 3 aromatic rings. The van der Waals surface area contributed by atoms with Gasteiger partial charge in [-0.2, -0.15) is 0 Å². The Bertz CT molecular complexity index is 1120. The molecule has 0 unspecified atom stereocenters. The zero-order chi connectivity index (χ0) is 22.0. The normalized spacial score (nSPS) is 13.8. The van der Waals surface area contributed by atoms with Gasteiger partial charge < -0.3 is 19.4 Å². The highest BCUT2D eigenvalue weighted by molar-refractivity contribution is 6.33. The number of ether oxygens (including phenoxy) is 1. The summed E-state index contributed by atoms with van der Waals surface area (Å²) in [6, 6.07) is 11.8. The summed E-state index contributed by atoms with van der Waals surface area (Å²) in [6.07, 6.45) is 2.18. The Kier molecular flexibility index (Phi) is 6.13. The summed E-state index contributed by atoms with van der Waals surface area (Å²) in [4.78, 5) is 30.6. The van der Waals surface area contributed by atoms with Crippen LogP contribution in [0.5, 0.6) is 0 Å². The number of imidazole rings is 1. The van der Waals surface area contributed by atoms with E-state index in [0.29, 0.717) is 31.3 Å². The third kappa shape index (κ3) is 4.37. The number of benzene rings is 1. The lowest BCUT2D eigenvalue weighted by Crippen LogP contribution is -2.54. The van der Waals surface area contributed by atoms with E-state index in [1.807, 2.05) is 53.9 Å². The number of fused-ring (bicyclic) bond motifs is 1. The van der Waals surface area contributed by atoms with Crippen molar-refractivity contribution in [2.75, 3.05) is 31.1 Å². The molecular formula is C23H25ClN4O3. The number of halogens is 1. The number of esters is 1. The van der Waals surface area contributed by atoms with Crippen LogP contribution in [0, 0.1) is 12.8 Å². The molecule has 1 amide bonds. The predicted octanol–water partition coefficient (Wildman–Crippen LogP) is 3.47. The SMILES string of the molecule is CCOC(=O)CCNC(=O)C1CN(c2ccc(Cl)c(-c3nc4ccccn4c3C)c2)C1. The minimum atomic E-state index is -0.297. The summed E-state index contributed by atoms with van der Waals surface area (Å²) in [5.74, 6) is -0.432. The first-order chi connectivity index (χ1) is 15.0. The number of carbonyl (C=O) groups is 2. The minimum Gasteiger partial charge on any atom is -0.466 e. The highest BCUT2D eigenvalue weighted by Gasteiger charge is 2.33. The molecule has 1 fully saturated rings. The van der Waals surface area contributed by atoms with E-state index in [9.17, 15) is 9.59 Å². The molecule has 0 bridgehead atoms. The van der Waals surface area contributed by atoms with Crippen LogP contribution in [0.25, 0.3) is 16.9 Å². The van der Waals surface area contributed by atoms with Gasteiger partial charge in [0.05, 0.1) is 29.7 Å². The Morgan fingerprint density at radius 1 is 1.26 bits per heavy atom. The summed E-state index contributed by atoms with van der Waals surface area (Å²) >= 11 is 6.51. The highest BCUT2D eigenvalue weighted by atomic mass is 35.5. The standard InChI is InChI=1S/C23H25ClN4O3/c1-3-31-21(29)9-10-25-23(30)16-13-27(14-16)17-7-8-19(24)18(12-17)22-15(2)28-11-5-4-6-20(28)26-22/h4-8,11-12,16H,3,9-10,13-14H2,1-2H3,(H,25,30). The van der Waals surface area contributed by atoms with E-state index >= 15 is 0 Å². The van der Waals surface area contributed by atoms with Gasteiger partial charge in [-0.3, -0.25) is 9.59 Å². The van der Waals surface area contributed by atoms with Crippen molar-refractivity contribution in [1.29, 1.82) is 0 Å². The fraction of sp³-hybridized carbons (Fsp3) is 0.348. The average molecular weight is 441 g/mol. The lowest BCUT2D eigenvalue weighted by molar-refractivity contribution is -0.143. The van der Waals surface area contributed by atoms with Gasteiger partial charge in [0.15, 0.2) is 0 Å². The molecule has 1 saturated heterocycles. The van der Waals surface area contributed by atoms with Crippen LogP contribution in [-0.4, -0.2) is 47.5 Å². The Hall–Kier alpha value is -3.06. The van der Waals surface area contributed by atoms with Crippen molar-refractivity contribution in [2.24, 2.45) is 5.92 Å². The third-order valence-corrected chi connectivity index (χ3v) is 5.85. The van der Waals surface area contributed by atoms with Crippen molar-refractivity contribution in [2.45, 2.75) is 20.3 Å². The first-order valence-corrected chi connectivity index (χ1v) is 10.8. The van der Waals surface area contributed by atoms with E-state index in [1.165, 1.54) is 0 Å². The van der Waals surface area contributed by atoms with Gasteiger partial charge in [-0.15, -0.1) is 0 Å². The lowest BCUT2D eigenvalue weighted by atomic mass is 9.97. The molecule has 1 aliphatic rings. The van der Waals surface area contributed by atoms with E-state index in [1.54, 1.807) is 6.92 Å². The topological polar surface area (TPSA) is 75.9 Å². The van der Waals surface area contributed by atoms with Crippen LogP contribution in [0.4, 0.5) is 5.69 Å². The fourth-order valence-corrected chi connectivity index (χ4v) is 3.99. The quantitative estimate of drug-likeness (QED) is 0.569. The van der Waals surface area contributed by atoms with Crippen LogP contribution in [0.3, 0.4) is 0 Å². The fourth-order valence-electron chi connectivity index (χ4n) is 3.79. The number of nitrogens with one attached hydrogen (secondary N) is 1. The number of anilines is 1. The molecule has 1 N–H and O–H groups in total. The van der Waals surface area contributed by atoms with Crippen molar-refractivity contribution in [3.63, 3.8) is 0 Å². The molecule has 7 nitrogen and oxygen atoms in total. The molecule has 1 aliphatic heterocycles. The summed E-state index contributed by atoms with van der Waals surface area (Å²) in [5, 5.41) is 3.46. The van der Waals surface area contributed by atoms with Crippen molar-refractivity contribution in [3.05, 3.63) is 53.3 Å². The number of pyridine rings is 1. The van der Waals surface area contributed by atoms with Gasteiger partial charge in [-0.25, -0.2) is 4.98 Å². The molecule has 0 spiro atoms. The Morgan fingerprint density at radius 3 is 2.81 bits per heavy atom. The van der Waals surface area contributed by atoms with E-state index in [2.05, 4.69) is 10.2 Å². The molecule has 4 rings (SSSR count). The molecular weight excluding hydrogens is 416 g/mol. The van der Waals surface area contributed by atoms with Crippen LogP contribution < -0.4 is 10.2 Å². The molecule has 0 saturated carbocycles. The third-order valence-electron chi connectivity index (χ3n) is 5.53. The molecule has 0 radical (unpaired) electrons. The number of nitrogens with zero attached hydrogens (tertiary/aromatic N) is 3. The maximum Gasteiger partial charge on any atom is 0.307 e. The second-order valence-corrected chi connectivity index (χ2v) is 7.99. The molecule has 8 heteroatoms. The number of carbonyl (C=O) groups excluding carboxylic acids is 2. The van der Waals surface area contributed by atoms with Crippen molar-refractivity contribution in [1.82, 2.24) is 14.7 Å². The van der Waals surface area contributed by atoms with Gasteiger partial charge in [0.25, 0.3) is 0 Å². The van der Waals surface area contributed by atoms with Crippen molar-refractivity contribution < 1.29 is 14.3 Å². The maximum absolute atomic E-state index is 12.3. The monoisotopic (exact) mass is 440 g/mol. The summed E-state index contributed by atoms with van der Waals surface area (Å²) in [5.41, 5.74) is 4.64. The minimum absolute atomic E-state index is 0.0362. The van der Waals surface area contributed by atoms with Crippen LogP contribution >= 0.6 is 11.6 Å². The molecule has 2 aromatic heterocycles. The van der Waals surface area contributed by atoms with Gasteiger partial charge in [-0.05, 0) is 44.2 Å². The number of rotatable bonds is 7. The van der Waals surface area contributed by atoms with Crippen LogP contribution in [0.1, 0.15) is 19.0 Å². The lowest BCUT2D eigenvalue weighted by Gasteiger charge is -2.40. The second kappa shape index (κ2) is 8.98. The Balaban J connectivity index is 1.41. The summed E-state index contributed by atoms with van der Waals surface area (Å²) < 4.78 is 6.91. The van der Waals surface area contributed by atoms with Crippen molar-refractivity contribution in [3.8, 4) is 11.3 Å². The van der Waals surface area contributed by atoms with Crippen LogP contribution in [0.15, 0.2) is 42.6 Å². The zero-order valence-corrected chi connectivity index (χ0v) is 18.4. The second-order valence-electron chi connectivity index (χ2n) is 7.59. The molecule has 0 aliphatic carbocycles. The number of aryl methyl sites for hydroxylation is 1.